The van der Waals surface area contributed by atoms with Crippen LogP contribution in [0.25, 0.3) is 0 Å². The predicted octanol–water partition coefficient (Wildman–Crippen LogP) is 1.69. The molecule has 10 nitrogen and oxygen atoms in total. The van der Waals surface area contributed by atoms with E-state index in [2.05, 4.69) is 31.5 Å². The van der Waals surface area contributed by atoms with Gasteiger partial charge in [-0.25, -0.2) is 14.5 Å². The van der Waals surface area contributed by atoms with Gasteiger partial charge in [0, 0.05) is 37.8 Å². The zero-order chi connectivity index (χ0) is 20.1. The number of ether oxygens (including phenoxy) is 1. The molecule has 1 fully saturated rings. The van der Waals surface area contributed by atoms with Crippen molar-refractivity contribution < 1.29 is 9.53 Å². The Bertz CT molecular complexity index is 815. The van der Waals surface area contributed by atoms with Crippen LogP contribution in [0.1, 0.15) is 44.1 Å². The number of carbonyl (C=O) groups excluding carboxylic acids is 1. The highest BCUT2D eigenvalue weighted by atomic mass is 32.1. The van der Waals surface area contributed by atoms with Gasteiger partial charge in [0.1, 0.15) is 16.7 Å². The molecule has 28 heavy (non-hydrogen) atoms. The fraction of sp³-hybridized carbons (Fsp3) is 0.647. The van der Waals surface area contributed by atoms with Gasteiger partial charge in [-0.15, -0.1) is 16.4 Å². The number of nitriles is 1. The fourth-order valence-corrected chi connectivity index (χ4v) is 3.78. The van der Waals surface area contributed by atoms with Gasteiger partial charge in [0.25, 0.3) is 0 Å². The third kappa shape index (κ3) is 4.82. The van der Waals surface area contributed by atoms with Crippen LogP contribution in [-0.2, 0) is 11.3 Å². The molecular formula is C17H24N8O2S. The highest BCUT2D eigenvalue weighted by Crippen LogP contribution is 2.29. The molecule has 0 saturated carbocycles. The number of aryl methyl sites for hydroxylation is 1. The second kappa shape index (κ2) is 8.62. The lowest BCUT2D eigenvalue weighted by atomic mass is 10.2. The SMILES string of the molecule is CC(C)(C)OC(=O)N1CCN(C(c2nccs2)c2nnnn2CCC#N)CC1. The first-order valence-corrected chi connectivity index (χ1v) is 10.0. The van der Waals surface area contributed by atoms with Gasteiger partial charge < -0.3 is 9.64 Å². The van der Waals surface area contributed by atoms with Crippen molar-refractivity contribution in [1.82, 2.24) is 35.0 Å². The van der Waals surface area contributed by atoms with Crippen LogP contribution >= 0.6 is 11.3 Å². The fourth-order valence-electron chi connectivity index (χ4n) is 3.01. The van der Waals surface area contributed by atoms with Crippen LogP contribution in [-0.4, -0.2) is 72.9 Å². The van der Waals surface area contributed by atoms with E-state index in [1.54, 1.807) is 15.8 Å². The van der Waals surface area contributed by atoms with Gasteiger partial charge in [0.15, 0.2) is 5.82 Å². The van der Waals surface area contributed by atoms with Crippen molar-refractivity contribution in [2.45, 2.75) is 45.4 Å². The van der Waals surface area contributed by atoms with Crippen LogP contribution in [0, 0.1) is 11.3 Å². The van der Waals surface area contributed by atoms with Gasteiger partial charge in [0.2, 0.25) is 0 Å². The smallest absolute Gasteiger partial charge is 0.410 e. The Morgan fingerprint density at radius 2 is 2.11 bits per heavy atom. The Morgan fingerprint density at radius 3 is 2.71 bits per heavy atom. The molecular weight excluding hydrogens is 380 g/mol. The maximum Gasteiger partial charge on any atom is 0.410 e. The molecule has 0 N–H and O–H groups in total. The first kappa shape index (κ1) is 20.2. The highest BCUT2D eigenvalue weighted by Gasteiger charge is 2.34. The summed E-state index contributed by atoms with van der Waals surface area (Å²) in [5.41, 5.74) is -0.513. The summed E-state index contributed by atoms with van der Waals surface area (Å²) in [4.78, 5) is 20.7. The lowest BCUT2D eigenvalue weighted by Crippen LogP contribution is -2.51. The molecule has 0 bridgehead atoms. The van der Waals surface area contributed by atoms with Crippen LogP contribution in [0.2, 0.25) is 0 Å². The van der Waals surface area contributed by atoms with Crippen LogP contribution in [0.4, 0.5) is 4.79 Å². The average Bonchev–Trinajstić information content (AvgIpc) is 3.32. The van der Waals surface area contributed by atoms with Crippen molar-refractivity contribution in [3.8, 4) is 6.07 Å². The normalized spacial score (nSPS) is 16.6. The predicted molar refractivity (Wildman–Crippen MR) is 101 cm³/mol. The van der Waals surface area contributed by atoms with Crippen molar-refractivity contribution in [1.29, 1.82) is 5.26 Å². The number of hydrogen-bond acceptors (Lipinski definition) is 9. The number of hydrogen-bond donors (Lipinski definition) is 0. The quantitative estimate of drug-likeness (QED) is 0.740. The second-order valence-corrected chi connectivity index (χ2v) is 8.37. The Balaban J connectivity index is 1.75. The van der Waals surface area contributed by atoms with Gasteiger partial charge in [0.05, 0.1) is 19.0 Å². The van der Waals surface area contributed by atoms with E-state index in [1.807, 2.05) is 26.2 Å². The van der Waals surface area contributed by atoms with Crippen molar-refractivity contribution in [3.05, 3.63) is 22.4 Å². The van der Waals surface area contributed by atoms with Crippen molar-refractivity contribution in [2.24, 2.45) is 0 Å². The molecule has 1 saturated heterocycles. The van der Waals surface area contributed by atoms with Crippen molar-refractivity contribution in [2.75, 3.05) is 26.2 Å². The molecule has 1 atom stereocenters. The lowest BCUT2D eigenvalue weighted by Gasteiger charge is -2.38. The molecule has 1 amide bonds. The molecule has 3 heterocycles. The van der Waals surface area contributed by atoms with Crippen LogP contribution in [0.15, 0.2) is 11.6 Å². The van der Waals surface area contributed by atoms with Gasteiger partial charge in [-0.3, -0.25) is 4.90 Å². The summed E-state index contributed by atoms with van der Waals surface area (Å²) >= 11 is 1.54. The summed E-state index contributed by atoms with van der Waals surface area (Å²) in [7, 11) is 0. The third-order valence-corrected chi connectivity index (χ3v) is 5.08. The summed E-state index contributed by atoms with van der Waals surface area (Å²) < 4.78 is 7.13. The summed E-state index contributed by atoms with van der Waals surface area (Å²) in [5.74, 6) is 0.663. The standard InChI is InChI=1S/C17H24N8O2S/c1-17(2,3)27-16(26)24-10-8-23(9-11-24)13(15-19-6-12-28-15)14-20-21-22-25(14)7-4-5-18/h6,12-13H,4,7-11H2,1-3H3. The first-order valence-electron chi connectivity index (χ1n) is 9.13. The first-order chi connectivity index (χ1) is 13.4. The molecule has 1 unspecified atom stereocenters. The maximum atomic E-state index is 12.3. The van der Waals surface area contributed by atoms with E-state index in [-0.39, 0.29) is 12.1 Å². The average molecular weight is 405 g/mol. The Kier molecular flexibility index (Phi) is 6.21. The largest absolute Gasteiger partial charge is 0.444 e. The number of carbonyl (C=O) groups is 1. The molecule has 0 aliphatic carbocycles. The van der Waals surface area contributed by atoms with Crippen LogP contribution in [0.3, 0.4) is 0 Å². The monoisotopic (exact) mass is 404 g/mol. The van der Waals surface area contributed by atoms with E-state index in [4.69, 9.17) is 10.00 Å². The minimum atomic E-state index is -0.513. The summed E-state index contributed by atoms with van der Waals surface area (Å²) in [6, 6.07) is 1.91. The number of amides is 1. The van der Waals surface area contributed by atoms with E-state index >= 15 is 0 Å². The topological polar surface area (TPSA) is 113 Å². The lowest BCUT2D eigenvalue weighted by molar-refractivity contribution is 0.0114. The molecule has 2 aromatic rings. The number of thiazole rings is 1. The molecule has 1 aliphatic heterocycles. The van der Waals surface area contributed by atoms with Gasteiger partial charge >= 0.3 is 6.09 Å². The van der Waals surface area contributed by atoms with E-state index in [0.29, 0.717) is 45.0 Å². The zero-order valence-electron chi connectivity index (χ0n) is 16.3. The number of rotatable bonds is 5. The van der Waals surface area contributed by atoms with Gasteiger partial charge in [-0.05, 0) is 31.2 Å². The third-order valence-electron chi connectivity index (χ3n) is 4.26. The number of piperazine rings is 1. The molecule has 150 valence electrons. The minimum absolute atomic E-state index is 0.213. The Hall–Kier alpha value is -2.58. The van der Waals surface area contributed by atoms with Crippen LogP contribution in [0.5, 0.6) is 0 Å². The molecule has 0 radical (unpaired) electrons. The van der Waals surface area contributed by atoms with Crippen molar-refractivity contribution >= 4 is 17.4 Å². The summed E-state index contributed by atoms with van der Waals surface area (Å²) in [6.45, 7) is 8.41. The zero-order valence-corrected chi connectivity index (χ0v) is 17.1. The van der Waals surface area contributed by atoms with E-state index < -0.39 is 5.60 Å². The second-order valence-electron chi connectivity index (χ2n) is 7.44. The van der Waals surface area contributed by atoms with E-state index in [9.17, 15) is 4.79 Å². The minimum Gasteiger partial charge on any atom is -0.444 e. The maximum absolute atomic E-state index is 12.3. The molecule has 3 rings (SSSR count). The summed E-state index contributed by atoms with van der Waals surface area (Å²) in [6.07, 6.45) is 1.79. The van der Waals surface area contributed by atoms with E-state index in [0.717, 1.165) is 5.01 Å². The molecule has 0 aromatic carbocycles. The number of aromatic nitrogens is 5. The molecule has 11 heteroatoms. The van der Waals surface area contributed by atoms with E-state index in [1.165, 1.54) is 11.3 Å². The summed E-state index contributed by atoms with van der Waals surface area (Å²) in [5, 5.41) is 23.7. The van der Waals surface area contributed by atoms with Crippen molar-refractivity contribution in [3.63, 3.8) is 0 Å². The molecule has 2 aromatic heterocycles. The van der Waals surface area contributed by atoms with Gasteiger partial charge in [-0.2, -0.15) is 5.26 Å². The molecule has 1 aliphatic rings. The highest BCUT2D eigenvalue weighted by molar-refractivity contribution is 7.09. The van der Waals surface area contributed by atoms with Crippen LogP contribution < -0.4 is 0 Å². The molecule has 0 spiro atoms. The van der Waals surface area contributed by atoms with Gasteiger partial charge in [-0.1, -0.05) is 0 Å². The number of nitrogens with zero attached hydrogens (tertiary/aromatic N) is 8. The Morgan fingerprint density at radius 1 is 1.36 bits per heavy atom. The Labute approximate surface area is 167 Å². The number of tetrazole rings is 1.